The van der Waals surface area contributed by atoms with E-state index in [-0.39, 0.29) is 17.7 Å². The smallest absolute Gasteiger partial charge is 0.412 e. The van der Waals surface area contributed by atoms with E-state index in [2.05, 4.69) is 10.6 Å². The minimum Gasteiger partial charge on any atom is -0.444 e. The quantitative estimate of drug-likeness (QED) is 0.865. The first-order chi connectivity index (χ1) is 11.5. The number of piperidine rings is 1. The van der Waals surface area contributed by atoms with E-state index in [0.717, 1.165) is 0 Å². The molecule has 8 heteroatoms. The summed E-state index contributed by atoms with van der Waals surface area (Å²) in [7, 11) is 0. The van der Waals surface area contributed by atoms with Gasteiger partial charge in [-0.3, -0.25) is 10.1 Å². The standard InChI is InChI=1S/C17H21F3N2O3/c1-15(2,3)25-14(24)21-12-6-4-5-11(9-12)16(10-18)17(19,20)8-7-13(23)22-16/h4-6,9H,7-8,10H2,1-3H3,(H,21,24)(H,22,23)/t16-/m1/s1. The van der Waals surface area contributed by atoms with Crippen LogP contribution in [0.2, 0.25) is 0 Å². The van der Waals surface area contributed by atoms with Crippen LogP contribution < -0.4 is 10.6 Å². The summed E-state index contributed by atoms with van der Waals surface area (Å²) < 4.78 is 47.7. The van der Waals surface area contributed by atoms with Crippen molar-refractivity contribution in [2.45, 2.75) is 50.7 Å². The Morgan fingerprint density at radius 3 is 2.64 bits per heavy atom. The molecule has 1 aromatic carbocycles. The Morgan fingerprint density at radius 1 is 1.36 bits per heavy atom. The number of carbonyl (C=O) groups is 2. The number of amides is 2. The molecule has 1 heterocycles. The summed E-state index contributed by atoms with van der Waals surface area (Å²) in [5, 5.41) is 4.51. The summed E-state index contributed by atoms with van der Waals surface area (Å²) in [6.07, 6.45) is -1.88. The van der Waals surface area contributed by atoms with Gasteiger partial charge in [0.05, 0.1) is 0 Å². The van der Waals surface area contributed by atoms with Gasteiger partial charge in [-0.25, -0.2) is 18.0 Å². The van der Waals surface area contributed by atoms with Crippen LogP contribution in [-0.4, -0.2) is 30.2 Å². The summed E-state index contributed by atoms with van der Waals surface area (Å²) in [5.74, 6) is -4.10. The second-order valence-electron chi connectivity index (χ2n) is 7.00. The van der Waals surface area contributed by atoms with Crippen LogP contribution in [0.4, 0.5) is 23.7 Å². The van der Waals surface area contributed by atoms with Crippen LogP contribution in [0.1, 0.15) is 39.2 Å². The Labute approximate surface area is 143 Å². The van der Waals surface area contributed by atoms with Crippen molar-refractivity contribution >= 4 is 17.7 Å². The number of carbonyl (C=O) groups excluding carboxylic acids is 2. The van der Waals surface area contributed by atoms with Gasteiger partial charge in [-0.05, 0) is 38.5 Å². The molecule has 0 saturated carbocycles. The number of rotatable bonds is 3. The summed E-state index contributed by atoms with van der Waals surface area (Å²) in [4.78, 5) is 23.4. The topological polar surface area (TPSA) is 67.4 Å². The Morgan fingerprint density at radius 2 is 2.04 bits per heavy atom. The van der Waals surface area contributed by atoms with Gasteiger partial charge in [-0.15, -0.1) is 0 Å². The van der Waals surface area contributed by atoms with Crippen molar-refractivity contribution in [1.82, 2.24) is 5.32 Å². The van der Waals surface area contributed by atoms with Gasteiger partial charge in [0.15, 0.2) is 5.54 Å². The van der Waals surface area contributed by atoms with Gasteiger partial charge >= 0.3 is 6.09 Å². The lowest BCUT2D eigenvalue weighted by atomic mass is 9.79. The first-order valence-electron chi connectivity index (χ1n) is 7.84. The van der Waals surface area contributed by atoms with E-state index in [0.29, 0.717) is 0 Å². The molecule has 0 spiro atoms. The lowest BCUT2D eigenvalue weighted by Crippen LogP contribution is -2.62. The van der Waals surface area contributed by atoms with Gasteiger partial charge < -0.3 is 10.1 Å². The molecule has 0 aliphatic carbocycles. The maximum Gasteiger partial charge on any atom is 0.412 e. The van der Waals surface area contributed by atoms with Gasteiger partial charge in [0.2, 0.25) is 5.91 Å². The molecule has 2 amide bonds. The molecule has 0 aromatic heterocycles. The fraction of sp³-hybridized carbons (Fsp3) is 0.529. The molecule has 1 aromatic rings. The third kappa shape index (κ3) is 4.05. The maximum atomic E-state index is 14.4. The number of ether oxygens (including phenoxy) is 1. The predicted molar refractivity (Wildman–Crippen MR) is 86.3 cm³/mol. The number of hydrogen-bond donors (Lipinski definition) is 2. The van der Waals surface area contributed by atoms with Gasteiger partial charge in [0.25, 0.3) is 5.92 Å². The molecule has 5 nitrogen and oxygen atoms in total. The van der Waals surface area contributed by atoms with Gasteiger partial charge in [-0.2, -0.15) is 0 Å². The molecule has 25 heavy (non-hydrogen) atoms. The second-order valence-corrected chi connectivity index (χ2v) is 7.00. The average Bonchev–Trinajstić information content (AvgIpc) is 2.48. The lowest BCUT2D eigenvalue weighted by Gasteiger charge is -2.42. The van der Waals surface area contributed by atoms with Crippen LogP contribution in [0.5, 0.6) is 0 Å². The van der Waals surface area contributed by atoms with Crippen molar-refractivity contribution in [3.8, 4) is 0 Å². The molecular formula is C17H21F3N2O3. The molecule has 0 unspecified atom stereocenters. The van der Waals surface area contributed by atoms with E-state index in [1.807, 2.05) is 0 Å². The minimum absolute atomic E-state index is 0.124. The second kappa shape index (κ2) is 6.57. The van der Waals surface area contributed by atoms with Crippen LogP contribution in [0.3, 0.4) is 0 Å². The molecule has 0 radical (unpaired) electrons. The highest BCUT2D eigenvalue weighted by Gasteiger charge is 2.58. The fourth-order valence-corrected chi connectivity index (χ4v) is 2.65. The molecule has 2 rings (SSSR count). The summed E-state index contributed by atoms with van der Waals surface area (Å²) in [5.41, 5.74) is -3.14. The third-order valence-electron chi connectivity index (χ3n) is 3.84. The van der Waals surface area contributed by atoms with Gasteiger partial charge in [0, 0.05) is 18.5 Å². The first-order valence-corrected chi connectivity index (χ1v) is 7.84. The van der Waals surface area contributed by atoms with Crippen molar-refractivity contribution < 1.29 is 27.5 Å². The van der Waals surface area contributed by atoms with E-state index < -0.39 is 42.2 Å². The molecule has 1 aliphatic heterocycles. The Hall–Kier alpha value is -2.25. The van der Waals surface area contributed by atoms with Crippen molar-refractivity contribution in [2.75, 3.05) is 12.0 Å². The number of nitrogens with one attached hydrogen (secondary N) is 2. The Balaban J connectivity index is 2.32. The Kier molecular flexibility index (Phi) is 5.02. The molecule has 2 N–H and O–H groups in total. The van der Waals surface area contributed by atoms with Crippen molar-refractivity contribution in [3.63, 3.8) is 0 Å². The van der Waals surface area contributed by atoms with Gasteiger partial charge in [-0.1, -0.05) is 12.1 Å². The zero-order valence-electron chi connectivity index (χ0n) is 14.3. The fourth-order valence-electron chi connectivity index (χ4n) is 2.65. The lowest BCUT2D eigenvalue weighted by molar-refractivity contribution is -0.155. The molecule has 1 saturated heterocycles. The number of alkyl halides is 3. The molecule has 138 valence electrons. The van der Waals surface area contributed by atoms with Crippen LogP contribution in [0.25, 0.3) is 0 Å². The summed E-state index contributed by atoms with van der Waals surface area (Å²) >= 11 is 0. The van der Waals surface area contributed by atoms with Crippen molar-refractivity contribution in [1.29, 1.82) is 0 Å². The highest BCUT2D eigenvalue weighted by Crippen LogP contribution is 2.44. The highest BCUT2D eigenvalue weighted by molar-refractivity contribution is 5.85. The van der Waals surface area contributed by atoms with E-state index in [9.17, 15) is 22.8 Å². The van der Waals surface area contributed by atoms with Crippen LogP contribution >= 0.6 is 0 Å². The van der Waals surface area contributed by atoms with Crippen LogP contribution in [0.15, 0.2) is 24.3 Å². The van der Waals surface area contributed by atoms with Crippen LogP contribution in [-0.2, 0) is 15.1 Å². The van der Waals surface area contributed by atoms with E-state index >= 15 is 0 Å². The SMILES string of the molecule is CC(C)(C)OC(=O)Nc1cccc([C@@]2(CF)NC(=O)CCC2(F)F)c1. The van der Waals surface area contributed by atoms with Crippen molar-refractivity contribution in [3.05, 3.63) is 29.8 Å². The predicted octanol–water partition coefficient (Wildman–Crippen LogP) is 3.74. The monoisotopic (exact) mass is 358 g/mol. The zero-order chi connectivity index (χ0) is 18.9. The summed E-state index contributed by atoms with van der Waals surface area (Å²) in [6, 6.07) is 5.36. The molecule has 1 aliphatic rings. The number of anilines is 1. The average molecular weight is 358 g/mol. The highest BCUT2D eigenvalue weighted by atomic mass is 19.3. The van der Waals surface area contributed by atoms with E-state index in [1.54, 1.807) is 20.8 Å². The Bertz CT molecular complexity index is 673. The molecule has 1 fully saturated rings. The third-order valence-corrected chi connectivity index (χ3v) is 3.84. The zero-order valence-corrected chi connectivity index (χ0v) is 14.3. The van der Waals surface area contributed by atoms with Crippen molar-refractivity contribution in [2.24, 2.45) is 0 Å². The van der Waals surface area contributed by atoms with E-state index in [1.165, 1.54) is 24.3 Å². The summed E-state index contributed by atoms with van der Waals surface area (Å²) in [6.45, 7) is 3.57. The largest absolute Gasteiger partial charge is 0.444 e. The maximum absolute atomic E-state index is 14.4. The van der Waals surface area contributed by atoms with Crippen LogP contribution in [0, 0.1) is 0 Å². The number of benzene rings is 1. The molecular weight excluding hydrogens is 337 g/mol. The number of hydrogen-bond acceptors (Lipinski definition) is 3. The number of halogens is 3. The van der Waals surface area contributed by atoms with Gasteiger partial charge in [0.1, 0.15) is 12.3 Å². The molecule has 0 bridgehead atoms. The first kappa shape index (κ1) is 19.1. The minimum atomic E-state index is -3.46. The van der Waals surface area contributed by atoms with E-state index in [4.69, 9.17) is 4.74 Å². The normalized spacial score (nSPS) is 22.9. The molecule has 1 atom stereocenters.